The smallest absolute Gasteiger partial charge is 0.252 e. The van der Waals surface area contributed by atoms with Crippen molar-refractivity contribution in [1.82, 2.24) is 5.32 Å². The molecule has 1 rings (SSSR count). The van der Waals surface area contributed by atoms with Crippen LogP contribution in [0.25, 0.3) is 0 Å². The molecule has 4 heteroatoms. The highest BCUT2D eigenvalue weighted by molar-refractivity contribution is 5.85. The first kappa shape index (κ1) is 12.5. The van der Waals surface area contributed by atoms with E-state index in [1.54, 1.807) is 0 Å². The summed E-state index contributed by atoms with van der Waals surface area (Å²) in [5.41, 5.74) is 4.97. The van der Waals surface area contributed by atoms with Crippen LogP contribution in [0.1, 0.15) is 33.6 Å². The Bertz CT molecular complexity index is 223. The molecular weight excluding hydrogens is 192 g/mol. The summed E-state index contributed by atoms with van der Waals surface area (Å²) in [7, 11) is 0. The highest BCUT2D eigenvalue weighted by atomic mass is 16.5. The number of hydrogen-bond acceptors (Lipinski definition) is 3. The fourth-order valence-corrected chi connectivity index (χ4v) is 1.78. The summed E-state index contributed by atoms with van der Waals surface area (Å²) in [4.78, 5) is 11.9. The molecule has 1 heterocycles. The molecule has 3 N–H and O–H groups in total. The maximum atomic E-state index is 11.9. The number of hydrogen-bond donors (Lipinski definition) is 2. The fraction of sp³-hybridized carbons (Fsp3) is 0.909. The van der Waals surface area contributed by atoms with E-state index in [0.29, 0.717) is 19.1 Å². The highest BCUT2D eigenvalue weighted by Gasteiger charge is 2.38. The van der Waals surface area contributed by atoms with Gasteiger partial charge in [-0.25, -0.2) is 0 Å². The molecule has 0 aromatic heterocycles. The van der Waals surface area contributed by atoms with Crippen LogP contribution in [0.3, 0.4) is 0 Å². The molecule has 0 bridgehead atoms. The summed E-state index contributed by atoms with van der Waals surface area (Å²) < 4.78 is 5.47. The lowest BCUT2D eigenvalue weighted by atomic mass is 9.99. The van der Waals surface area contributed by atoms with E-state index in [4.69, 9.17) is 10.5 Å². The molecule has 1 saturated heterocycles. The lowest BCUT2D eigenvalue weighted by molar-refractivity contribution is -0.140. The van der Waals surface area contributed by atoms with Gasteiger partial charge in [-0.3, -0.25) is 4.79 Å². The van der Waals surface area contributed by atoms with Gasteiger partial charge in [0.05, 0.1) is 0 Å². The molecule has 0 spiro atoms. The maximum absolute atomic E-state index is 11.9. The Morgan fingerprint density at radius 1 is 1.60 bits per heavy atom. The van der Waals surface area contributed by atoms with E-state index in [2.05, 4.69) is 19.2 Å². The Balaban J connectivity index is 2.53. The van der Waals surface area contributed by atoms with Crippen molar-refractivity contribution in [3.8, 4) is 0 Å². The van der Waals surface area contributed by atoms with Gasteiger partial charge in [-0.15, -0.1) is 0 Å². The normalized spacial score (nSPS) is 28.1. The second-order valence-electron chi connectivity index (χ2n) is 4.74. The monoisotopic (exact) mass is 214 g/mol. The zero-order valence-corrected chi connectivity index (χ0v) is 9.88. The number of rotatable bonds is 4. The number of carbonyl (C=O) groups is 1. The van der Waals surface area contributed by atoms with E-state index in [-0.39, 0.29) is 11.9 Å². The average Bonchev–Trinajstić information content (AvgIpc) is 2.61. The molecular formula is C11H22N2O2. The zero-order valence-electron chi connectivity index (χ0n) is 9.88. The van der Waals surface area contributed by atoms with E-state index in [1.165, 1.54) is 0 Å². The summed E-state index contributed by atoms with van der Waals surface area (Å²) in [5, 5.41) is 2.96. The van der Waals surface area contributed by atoms with Gasteiger partial charge in [-0.1, -0.05) is 13.8 Å². The SMILES string of the molecule is CC(C)C(CN)NC(=O)C1(C)CCCO1. The first-order chi connectivity index (χ1) is 6.99. The van der Waals surface area contributed by atoms with Crippen molar-refractivity contribution in [1.29, 1.82) is 0 Å². The van der Waals surface area contributed by atoms with Gasteiger partial charge in [-0.2, -0.15) is 0 Å². The Morgan fingerprint density at radius 3 is 2.67 bits per heavy atom. The average molecular weight is 214 g/mol. The zero-order chi connectivity index (χ0) is 11.5. The lowest BCUT2D eigenvalue weighted by Gasteiger charge is -2.27. The maximum Gasteiger partial charge on any atom is 0.252 e. The minimum absolute atomic E-state index is 0.0239. The molecule has 0 aliphatic carbocycles. The van der Waals surface area contributed by atoms with Crippen LogP contribution in [0, 0.1) is 5.92 Å². The second-order valence-corrected chi connectivity index (χ2v) is 4.74. The second kappa shape index (κ2) is 4.94. The number of amides is 1. The van der Waals surface area contributed by atoms with Crippen molar-refractivity contribution in [3.05, 3.63) is 0 Å². The third-order valence-electron chi connectivity index (χ3n) is 3.07. The molecule has 4 nitrogen and oxygen atoms in total. The first-order valence-corrected chi connectivity index (χ1v) is 5.64. The standard InChI is InChI=1S/C11H22N2O2/c1-8(2)9(7-12)13-10(14)11(3)5-4-6-15-11/h8-9H,4-7,12H2,1-3H3,(H,13,14). The Labute approximate surface area is 91.5 Å². The molecule has 0 saturated carbocycles. The van der Waals surface area contributed by atoms with Gasteiger partial charge in [0.25, 0.3) is 5.91 Å². The Hall–Kier alpha value is -0.610. The Morgan fingerprint density at radius 2 is 2.27 bits per heavy atom. The number of nitrogens with one attached hydrogen (secondary N) is 1. The van der Waals surface area contributed by atoms with Crippen molar-refractivity contribution >= 4 is 5.91 Å². The van der Waals surface area contributed by atoms with Crippen LogP contribution in [0.15, 0.2) is 0 Å². The summed E-state index contributed by atoms with van der Waals surface area (Å²) in [6, 6.07) is 0.0403. The van der Waals surface area contributed by atoms with Crippen LogP contribution in [-0.2, 0) is 9.53 Å². The summed E-state index contributed by atoms with van der Waals surface area (Å²) in [5.74, 6) is 0.327. The van der Waals surface area contributed by atoms with E-state index >= 15 is 0 Å². The van der Waals surface area contributed by atoms with Gasteiger partial charge in [0.1, 0.15) is 5.60 Å². The quantitative estimate of drug-likeness (QED) is 0.722. The van der Waals surface area contributed by atoms with Crippen LogP contribution >= 0.6 is 0 Å². The number of carbonyl (C=O) groups excluding carboxylic acids is 1. The molecule has 1 aliphatic heterocycles. The third kappa shape index (κ3) is 2.92. The third-order valence-corrected chi connectivity index (χ3v) is 3.07. The Kier molecular flexibility index (Phi) is 4.11. The van der Waals surface area contributed by atoms with Gasteiger partial charge in [0.2, 0.25) is 0 Å². The minimum Gasteiger partial charge on any atom is -0.365 e. The molecule has 2 unspecified atom stereocenters. The van der Waals surface area contributed by atoms with E-state index in [0.717, 1.165) is 12.8 Å². The van der Waals surface area contributed by atoms with E-state index in [1.807, 2.05) is 6.92 Å². The summed E-state index contributed by atoms with van der Waals surface area (Å²) in [6.07, 6.45) is 1.76. The molecule has 15 heavy (non-hydrogen) atoms. The summed E-state index contributed by atoms with van der Waals surface area (Å²) >= 11 is 0. The highest BCUT2D eigenvalue weighted by Crippen LogP contribution is 2.25. The van der Waals surface area contributed by atoms with Crippen LogP contribution in [-0.4, -0.2) is 30.7 Å². The first-order valence-electron chi connectivity index (χ1n) is 5.64. The van der Waals surface area contributed by atoms with Gasteiger partial charge in [0.15, 0.2) is 0 Å². The van der Waals surface area contributed by atoms with Crippen molar-refractivity contribution in [2.45, 2.75) is 45.3 Å². The fourth-order valence-electron chi connectivity index (χ4n) is 1.78. The molecule has 2 atom stereocenters. The lowest BCUT2D eigenvalue weighted by Crippen LogP contribution is -2.52. The van der Waals surface area contributed by atoms with Gasteiger partial charge < -0.3 is 15.8 Å². The number of ether oxygens (including phenoxy) is 1. The molecule has 1 aliphatic rings. The minimum atomic E-state index is -0.637. The van der Waals surface area contributed by atoms with Crippen LogP contribution in [0.5, 0.6) is 0 Å². The topological polar surface area (TPSA) is 64.3 Å². The van der Waals surface area contributed by atoms with Crippen molar-refractivity contribution in [2.75, 3.05) is 13.2 Å². The van der Waals surface area contributed by atoms with Gasteiger partial charge in [-0.05, 0) is 25.7 Å². The molecule has 88 valence electrons. The molecule has 0 aromatic rings. The van der Waals surface area contributed by atoms with Crippen molar-refractivity contribution in [3.63, 3.8) is 0 Å². The predicted octanol–water partition coefficient (Wildman–Crippen LogP) is 0.655. The molecule has 0 aromatic carbocycles. The largest absolute Gasteiger partial charge is 0.365 e. The van der Waals surface area contributed by atoms with Crippen LogP contribution < -0.4 is 11.1 Å². The van der Waals surface area contributed by atoms with E-state index in [9.17, 15) is 4.79 Å². The van der Waals surface area contributed by atoms with Crippen LogP contribution in [0.4, 0.5) is 0 Å². The van der Waals surface area contributed by atoms with Crippen LogP contribution in [0.2, 0.25) is 0 Å². The van der Waals surface area contributed by atoms with Crippen molar-refractivity contribution < 1.29 is 9.53 Å². The predicted molar refractivity (Wildman–Crippen MR) is 59.4 cm³/mol. The molecule has 0 radical (unpaired) electrons. The molecule has 1 amide bonds. The molecule has 1 fully saturated rings. The van der Waals surface area contributed by atoms with Gasteiger partial charge in [0, 0.05) is 19.2 Å². The number of nitrogens with two attached hydrogens (primary N) is 1. The van der Waals surface area contributed by atoms with E-state index < -0.39 is 5.60 Å². The van der Waals surface area contributed by atoms with Gasteiger partial charge >= 0.3 is 0 Å². The van der Waals surface area contributed by atoms with Crippen molar-refractivity contribution in [2.24, 2.45) is 11.7 Å². The summed E-state index contributed by atoms with van der Waals surface area (Å²) in [6.45, 7) is 7.10.